The van der Waals surface area contributed by atoms with Crippen molar-refractivity contribution in [1.82, 2.24) is 10.3 Å². The van der Waals surface area contributed by atoms with Gasteiger partial charge in [-0.25, -0.2) is 4.39 Å². The van der Waals surface area contributed by atoms with E-state index in [9.17, 15) is 14.0 Å². The normalized spacial score (nSPS) is 17.4. The van der Waals surface area contributed by atoms with Crippen LogP contribution < -0.4 is 16.4 Å². The van der Waals surface area contributed by atoms with Crippen LogP contribution in [-0.4, -0.2) is 28.9 Å². The molecule has 1 aromatic heterocycles. The Morgan fingerprint density at radius 2 is 2.20 bits per heavy atom. The van der Waals surface area contributed by atoms with Crippen LogP contribution in [0.5, 0.6) is 0 Å². The molecule has 0 radical (unpaired) electrons. The predicted octanol–water partition coefficient (Wildman–Crippen LogP) is 1.16. The summed E-state index contributed by atoms with van der Waals surface area (Å²) in [6, 6.07) is 6.96. The summed E-state index contributed by atoms with van der Waals surface area (Å²) in [5, 5.41) is 5.41. The highest BCUT2D eigenvalue weighted by atomic mass is 19.1. The molecule has 0 spiro atoms. The Bertz CT molecular complexity index is 796. The second kappa shape index (κ2) is 7.40. The first-order valence-corrected chi connectivity index (χ1v) is 8.05. The molecule has 25 heavy (non-hydrogen) atoms. The number of amides is 2. The Balaban J connectivity index is 1.56. The highest BCUT2D eigenvalue weighted by molar-refractivity contribution is 5.99. The Morgan fingerprint density at radius 1 is 1.40 bits per heavy atom. The molecule has 2 heterocycles. The Hall–Kier alpha value is -2.80. The number of nitrogens with one attached hydrogen (secondary N) is 2. The van der Waals surface area contributed by atoms with Gasteiger partial charge in [0.25, 0.3) is 0 Å². The first-order valence-electron chi connectivity index (χ1n) is 8.05. The summed E-state index contributed by atoms with van der Waals surface area (Å²) in [7, 11) is 0. The van der Waals surface area contributed by atoms with Gasteiger partial charge in [0.15, 0.2) is 0 Å². The van der Waals surface area contributed by atoms with Crippen molar-refractivity contribution in [1.29, 1.82) is 0 Å². The van der Waals surface area contributed by atoms with E-state index in [-0.39, 0.29) is 30.5 Å². The summed E-state index contributed by atoms with van der Waals surface area (Å²) in [5.74, 6) is -0.951. The second-order valence-electron chi connectivity index (χ2n) is 6.11. The molecule has 0 bridgehead atoms. The summed E-state index contributed by atoms with van der Waals surface area (Å²) >= 11 is 0. The quantitative estimate of drug-likeness (QED) is 0.759. The van der Waals surface area contributed by atoms with Crippen LogP contribution in [0.15, 0.2) is 42.7 Å². The fourth-order valence-electron chi connectivity index (χ4n) is 2.87. The molecule has 0 saturated carbocycles. The third kappa shape index (κ3) is 4.19. The van der Waals surface area contributed by atoms with E-state index in [1.54, 1.807) is 36.7 Å². The number of nitrogens with zero attached hydrogens (tertiary/aromatic N) is 1. The van der Waals surface area contributed by atoms with E-state index < -0.39 is 12.1 Å². The molecule has 0 saturated heterocycles. The number of carbonyl (C=O) groups excluding carboxylic acids is 2. The molecule has 2 atom stereocenters. The number of aromatic nitrogens is 1. The lowest BCUT2D eigenvalue weighted by Gasteiger charge is -2.25. The lowest BCUT2D eigenvalue weighted by atomic mass is 9.99. The van der Waals surface area contributed by atoms with Crippen LogP contribution >= 0.6 is 0 Å². The average Bonchev–Trinajstić information content (AvgIpc) is 2.57. The SMILES string of the molecule is N[C@@H](CC(=O)N[C@@H]1Cc2ccncc2NC1=O)Cc1ccccc1F. The summed E-state index contributed by atoms with van der Waals surface area (Å²) in [4.78, 5) is 28.2. The molecule has 1 aliphatic rings. The van der Waals surface area contributed by atoms with Crippen LogP contribution in [0.1, 0.15) is 17.5 Å². The maximum absolute atomic E-state index is 13.6. The van der Waals surface area contributed by atoms with Gasteiger partial charge in [0.1, 0.15) is 11.9 Å². The second-order valence-corrected chi connectivity index (χ2v) is 6.11. The van der Waals surface area contributed by atoms with Gasteiger partial charge in [0.2, 0.25) is 11.8 Å². The lowest BCUT2D eigenvalue weighted by molar-refractivity contribution is -0.126. The molecule has 2 aromatic rings. The highest BCUT2D eigenvalue weighted by Gasteiger charge is 2.27. The summed E-state index contributed by atoms with van der Waals surface area (Å²) in [5.41, 5.74) is 8.00. The summed E-state index contributed by atoms with van der Waals surface area (Å²) in [6.07, 6.45) is 3.89. The van der Waals surface area contributed by atoms with Crippen LogP contribution in [0.4, 0.5) is 10.1 Å². The molecule has 4 N–H and O–H groups in total. The molecule has 0 aliphatic carbocycles. The van der Waals surface area contributed by atoms with Crippen molar-refractivity contribution in [2.24, 2.45) is 5.73 Å². The minimum absolute atomic E-state index is 0.0152. The fourth-order valence-corrected chi connectivity index (χ4v) is 2.87. The topological polar surface area (TPSA) is 97.1 Å². The molecule has 1 aliphatic heterocycles. The summed E-state index contributed by atoms with van der Waals surface area (Å²) in [6.45, 7) is 0. The van der Waals surface area contributed by atoms with Crippen molar-refractivity contribution >= 4 is 17.5 Å². The fraction of sp³-hybridized carbons (Fsp3) is 0.278. The Kier molecular flexibility index (Phi) is 5.04. The van der Waals surface area contributed by atoms with Gasteiger partial charge in [-0.15, -0.1) is 0 Å². The monoisotopic (exact) mass is 342 g/mol. The number of benzene rings is 1. The number of pyridine rings is 1. The van der Waals surface area contributed by atoms with E-state index in [2.05, 4.69) is 15.6 Å². The van der Waals surface area contributed by atoms with Gasteiger partial charge in [-0.3, -0.25) is 14.6 Å². The van der Waals surface area contributed by atoms with E-state index >= 15 is 0 Å². The van der Waals surface area contributed by atoms with Gasteiger partial charge in [-0.05, 0) is 29.7 Å². The number of halogens is 1. The van der Waals surface area contributed by atoms with Gasteiger partial charge in [-0.2, -0.15) is 0 Å². The van der Waals surface area contributed by atoms with Crippen molar-refractivity contribution in [2.45, 2.75) is 31.3 Å². The van der Waals surface area contributed by atoms with Crippen molar-refractivity contribution < 1.29 is 14.0 Å². The van der Waals surface area contributed by atoms with Crippen molar-refractivity contribution in [2.75, 3.05) is 5.32 Å². The van der Waals surface area contributed by atoms with E-state index in [4.69, 9.17) is 5.73 Å². The van der Waals surface area contributed by atoms with Gasteiger partial charge >= 0.3 is 0 Å². The third-order valence-corrected chi connectivity index (χ3v) is 4.13. The first-order chi connectivity index (χ1) is 12.0. The van der Waals surface area contributed by atoms with Gasteiger partial charge in [0, 0.05) is 25.1 Å². The third-order valence-electron chi connectivity index (χ3n) is 4.13. The molecular weight excluding hydrogens is 323 g/mol. The van der Waals surface area contributed by atoms with Crippen LogP contribution in [0.2, 0.25) is 0 Å². The van der Waals surface area contributed by atoms with Gasteiger partial charge < -0.3 is 16.4 Å². The maximum atomic E-state index is 13.6. The number of rotatable bonds is 5. The zero-order chi connectivity index (χ0) is 17.8. The molecule has 0 fully saturated rings. The number of fused-ring (bicyclic) bond motifs is 1. The average molecular weight is 342 g/mol. The van der Waals surface area contributed by atoms with Crippen LogP contribution in [0.25, 0.3) is 0 Å². The van der Waals surface area contributed by atoms with Crippen LogP contribution in [0, 0.1) is 5.82 Å². The standard InChI is InChI=1S/C18H19FN4O2/c19-14-4-2-1-3-11(14)7-13(20)9-17(24)22-15-8-12-5-6-21-10-16(12)23-18(15)25/h1-6,10,13,15H,7-9,20H2,(H,22,24)(H,23,25)/t13-,15-/m1/s1. The molecule has 1 aromatic carbocycles. The van der Waals surface area contributed by atoms with E-state index in [1.807, 2.05) is 0 Å². The minimum atomic E-state index is -0.650. The summed E-state index contributed by atoms with van der Waals surface area (Å²) < 4.78 is 13.6. The van der Waals surface area contributed by atoms with Crippen molar-refractivity contribution in [3.05, 3.63) is 59.7 Å². The number of carbonyl (C=O) groups is 2. The molecule has 7 heteroatoms. The Labute approximate surface area is 144 Å². The highest BCUT2D eigenvalue weighted by Crippen LogP contribution is 2.20. The first kappa shape index (κ1) is 17.0. The number of nitrogens with two attached hydrogens (primary N) is 1. The molecule has 0 unspecified atom stereocenters. The van der Waals surface area contributed by atoms with E-state index in [0.717, 1.165) is 5.56 Å². The largest absolute Gasteiger partial charge is 0.344 e. The van der Waals surface area contributed by atoms with Crippen LogP contribution in [-0.2, 0) is 22.4 Å². The predicted molar refractivity (Wildman–Crippen MR) is 91.2 cm³/mol. The molecule has 3 rings (SSSR count). The molecule has 130 valence electrons. The lowest BCUT2D eigenvalue weighted by Crippen LogP contribution is -2.48. The van der Waals surface area contributed by atoms with Gasteiger partial charge in [-0.1, -0.05) is 18.2 Å². The maximum Gasteiger partial charge on any atom is 0.247 e. The zero-order valence-corrected chi connectivity index (χ0v) is 13.5. The number of anilines is 1. The number of hydrogen-bond acceptors (Lipinski definition) is 4. The molecule has 2 amide bonds. The molecule has 6 nitrogen and oxygen atoms in total. The zero-order valence-electron chi connectivity index (χ0n) is 13.5. The number of hydrogen-bond donors (Lipinski definition) is 3. The van der Waals surface area contributed by atoms with Crippen molar-refractivity contribution in [3.8, 4) is 0 Å². The van der Waals surface area contributed by atoms with E-state index in [0.29, 0.717) is 17.7 Å². The minimum Gasteiger partial charge on any atom is -0.344 e. The van der Waals surface area contributed by atoms with Crippen LogP contribution in [0.3, 0.4) is 0 Å². The smallest absolute Gasteiger partial charge is 0.247 e. The van der Waals surface area contributed by atoms with E-state index in [1.165, 1.54) is 6.07 Å². The molecular formula is C18H19FN4O2. The van der Waals surface area contributed by atoms with Crippen molar-refractivity contribution in [3.63, 3.8) is 0 Å². The van der Waals surface area contributed by atoms with Gasteiger partial charge in [0.05, 0.1) is 11.9 Å². The Morgan fingerprint density at radius 3 is 3.00 bits per heavy atom.